The molecule has 149 heavy (non-hydrogen) atoms. The van der Waals surface area contributed by atoms with Crippen LogP contribution in [0.5, 0.6) is 69.5 Å². The third-order valence-electron chi connectivity index (χ3n) is 25.4. The number of nitrogens with one attached hydrogen (secondary N) is 4. The molecule has 786 valence electrons. The van der Waals surface area contributed by atoms with Crippen molar-refractivity contribution in [1.82, 2.24) is 54.8 Å². The van der Waals surface area contributed by atoms with Gasteiger partial charge in [-0.05, 0) is 113 Å². The Labute approximate surface area is 900 Å². The number of hydrogen-bond donors (Lipinski definition) is 4. The molecule has 0 radical (unpaired) electrons. The molecule has 18 rings (SSSR count). The molecule has 6 aliphatic rings. The van der Waals surface area contributed by atoms with E-state index in [0.29, 0.717) is 301 Å². The predicted octanol–water partition coefficient (Wildman–Crippen LogP) is 21.7. The largest absolute Gasteiger partial charge is 0.495 e. The van der Waals surface area contributed by atoms with Gasteiger partial charge in [0.2, 0.25) is 41.4 Å². The number of ether oxygens (including phenoxy) is 16. The molecule has 0 unspecified atom stereocenters. The number of carbonyl (C=O) groups excluding carboxylic acids is 4. The molecule has 4 aliphatic heterocycles. The van der Waals surface area contributed by atoms with Gasteiger partial charge in [-0.3, -0.25) is 19.2 Å². The molecular formula is C106H111Cl8N15O20. The molecule has 4 saturated heterocycles. The normalized spacial score (nSPS) is 18.0. The molecule has 2 saturated carbocycles. The van der Waals surface area contributed by atoms with Crippen molar-refractivity contribution in [3.05, 3.63) is 170 Å². The lowest BCUT2D eigenvalue weighted by atomic mass is 9.97. The van der Waals surface area contributed by atoms with Crippen molar-refractivity contribution < 1.29 is 95.0 Å². The van der Waals surface area contributed by atoms with E-state index in [1.165, 1.54) is 81.2 Å². The number of pyridine rings is 5. The molecule has 0 amide bonds. The van der Waals surface area contributed by atoms with Crippen LogP contribution in [-0.2, 0) is 38.1 Å². The fourth-order valence-corrected chi connectivity index (χ4v) is 19.8. The number of halogens is 8. The van der Waals surface area contributed by atoms with Crippen LogP contribution >= 0.6 is 92.8 Å². The summed E-state index contributed by atoms with van der Waals surface area (Å²) >= 11 is 53.2. The Bertz CT molecular complexity index is 6710. The lowest BCUT2D eigenvalue weighted by molar-refractivity contribution is -0.116. The summed E-state index contributed by atoms with van der Waals surface area (Å²) in [5.74, 6) is 7.40. The zero-order chi connectivity index (χ0) is 106. The van der Waals surface area contributed by atoms with Crippen molar-refractivity contribution in [3.8, 4) is 115 Å². The van der Waals surface area contributed by atoms with Gasteiger partial charge in [-0.15, -0.1) is 0 Å². The predicted molar refractivity (Wildman–Crippen MR) is 575 cm³/mol. The number of allylic oxidation sites excluding steroid dienone is 4. The van der Waals surface area contributed by atoms with Crippen LogP contribution in [0.3, 0.4) is 0 Å². The zero-order valence-corrected chi connectivity index (χ0v) is 89.6. The second kappa shape index (κ2) is 50.9. The maximum atomic E-state index is 11.9. The Morgan fingerprint density at radius 1 is 0.349 bits per heavy atom. The smallest absolute Gasteiger partial charge is 0.241 e. The van der Waals surface area contributed by atoms with Crippen molar-refractivity contribution in [2.45, 2.75) is 102 Å². The molecule has 8 atom stereocenters. The van der Waals surface area contributed by atoms with Crippen LogP contribution in [0.1, 0.15) is 72.1 Å². The summed E-state index contributed by atoms with van der Waals surface area (Å²) in [5.41, 5.74) is 5.30. The fourth-order valence-electron chi connectivity index (χ4n) is 17.0. The molecule has 0 bridgehead atoms. The lowest BCUT2D eigenvalue weighted by Gasteiger charge is -2.19. The molecule has 12 heterocycles. The Morgan fingerprint density at radius 2 is 0.617 bits per heavy atom. The van der Waals surface area contributed by atoms with E-state index in [2.05, 4.69) is 82.5 Å². The number of rotatable bonds is 42. The summed E-state index contributed by atoms with van der Waals surface area (Å²) in [7, 11) is 12.1. The number of aromatic nitrogens is 11. The van der Waals surface area contributed by atoms with Crippen LogP contribution in [-0.4, -0.2) is 238 Å². The molecule has 0 spiro atoms. The maximum absolute atomic E-state index is 11.9. The van der Waals surface area contributed by atoms with Crippen molar-refractivity contribution in [1.29, 1.82) is 0 Å². The van der Waals surface area contributed by atoms with E-state index in [4.69, 9.17) is 189 Å². The number of methoxy groups -OCH3 is 8. The first kappa shape index (κ1) is 111. The van der Waals surface area contributed by atoms with Crippen molar-refractivity contribution in [2.75, 3.05) is 151 Å². The van der Waals surface area contributed by atoms with Crippen molar-refractivity contribution >= 4 is 183 Å². The molecule has 43 heteroatoms. The van der Waals surface area contributed by atoms with Gasteiger partial charge >= 0.3 is 0 Å². The van der Waals surface area contributed by atoms with Crippen LogP contribution < -0.4 is 78.1 Å². The summed E-state index contributed by atoms with van der Waals surface area (Å²) < 4.78 is 90.0. The summed E-state index contributed by atoms with van der Waals surface area (Å²) in [4.78, 5) is 98.7. The highest BCUT2D eigenvalue weighted by Gasteiger charge is 2.38. The second-order valence-corrected chi connectivity index (χ2v) is 38.9. The maximum Gasteiger partial charge on any atom is 0.241 e. The van der Waals surface area contributed by atoms with Gasteiger partial charge in [0, 0.05) is 148 Å². The first-order valence-corrected chi connectivity index (χ1v) is 50.8. The number of fused-ring (bicyclic) bond motifs is 4. The van der Waals surface area contributed by atoms with Gasteiger partial charge in [-0.1, -0.05) is 119 Å². The van der Waals surface area contributed by atoms with E-state index in [1.807, 2.05) is 32.9 Å². The highest BCUT2D eigenvalue weighted by molar-refractivity contribution is 6.43. The Balaban J connectivity index is 0.000000149. The summed E-state index contributed by atoms with van der Waals surface area (Å²) in [6, 6.07) is 15.2. The summed E-state index contributed by atoms with van der Waals surface area (Å²) in [6.45, 7) is 25.1. The van der Waals surface area contributed by atoms with E-state index < -0.39 is 0 Å². The van der Waals surface area contributed by atoms with Gasteiger partial charge in [-0.2, -0.15) is 0 Å². The van der Waals surface area contributed by atoms with Gasteiger partial charge in [0.25, 0.3) is 0 Å². The number of hydrogen-bond acceptors (Lipinski definition) is 35. The number of nitrogens with zero attached hydrogens (tertiary/aromatic N) is 11. The second-order valence-electron chi connectivity index (χ2n) is 35.9. The van der Waals surface area contributed by atoms with Gasteiger partial charge in [0.15, 0.2) is 23.1 Å². The van der Waals surface area contributed by atoms with Crippen LogP contribution in [0.15, 0.2) is 130 Å². The highest BCUT2D eigenvalue weighted by atomic mass is 35.5. The van der Waals surface area contributed by atoms with E-state index in [9.17, 15) is 19.2 Å². The van der Waals surface area contributed by atoms with E-state index in [-0.39, 0.29) is 97.2 Å². The summed E-state index contributed by atoms with van der Waals surface area (Å²) in [5, 5.41) is 19.4. The minimum atomic E-state index is -0.180. The minimum Gasteiger partial charge on any atom is -0.495 e. The van der Waals surface area contributed by atoms with E-state index >= 15 is 0 Å². The van der Waals surface area contributed by atoms with Crippen molar-refractivity contribution in [2.24, 2.45) is 35.5 Å². The highest BCUT2D eigenvalue weighted by Crippen LogP contribution is 2.53. The SMILES string of the molecule is C=CC(=O)C[C@H]1COC[C@H]1Nc1cc2c(OCC3CC3)nc(-c3c(Cl)c(OC)cc(OC)c3Cl)cc2cn1.C=CC(=O)C[C@H]1COC[C@H]1Nc1ncc2cc(-c3c(Cl)c(OC)cc(OC)c3Cl)nc(OC(C)C)c2n1.C=CC(=O)C[C@H]1COC[C@H]1Nc1ncc2cc(-c3c(Cl)c(OC)cc(OC)c3Cl)nc(OCC)c2n1.C=CC(=O)C[C@H]1COC[C@H]1Nc1ncc2cc(-c3c(Cl)c(OC)cc(OC)c3Cl)nc(OCC3CC3)c2n1. The molecule has 2 aliphatic carbocycles. The number of benzene rings is 4. The van der Waals surface area contributed by atoms with Gasteiger partial charge < -0.3 is 97.1 Å². The average molecular weight is 2200 g/mol. The number of carbonyl (C=O) groups is 4. The van der Waals surface area contributed by atoms with Gasteiger partial charge in [0.1, 0.15) is 68.4 Å². The molecule has 4 aromatic carbocycles. The number of ketones is 4. The lowest BCUT2D eigenvalue weighted by Crippen LogP contribution is -2.30. The molecule has 35 nitrogen and oxygen atoms in total. The standard InChI is InChI=1S/C28H29Cl2N3O5.C27H28Cl2N4O5.C26H28Cl2N4O5.C25H26Cl2N4O5/c1-4-18(34)7-17-13-37-14-21(17)32-24-9-19-16(11-31-24)8-20(33-28(19)38-12-15-5-6-15)25-26(29)22(35-2)10-23(36-3)27(25)30;1-4-17(34)7-16-12-37-13-19(16)32-27-30-10-15-8-18(31-26(25(15)33-27)38-11-14-5-6-14)22-23(28)20(35-2)9-21(36-3)24(22)29;1-6-16(33)7-15-11-36-12-18(15)31-26-29-10-14-8-17(30-25(24(14)32-26)37-13(2)3)21-22(27)19(34-4)9-20(35-5)23(21)28;1-5-15(32)7-14-11-35-12-17(14)30-25-28-10-13-8-16(29-24(36-6-2)23(13)31-25)20-21(26)18(33-3)9-19(34-4)22(20)27/h4,8-11,15,17,21H,1,5-7,12-14H2,2-3H3,(H,31,32);4,8-10,14,16,19H,1,5-7,11-13H2,2-3H3,(H,30,32,33);6,8-10,13,15,18H,1,7,11-12H2,2-5H3,(H,29,31,32);5,8-10,14,17H,1,6-7,11-12H2,2-4H3,(H,28,30,31)/t17-,21+;16-,19+;15-,18+;14-,17+/m0000/s1. The third kappa shape index (κ3) is 26.4. The summed E-state index contributed by atoms with van der Waals surface area (Å²) in [6.07, 6.45) is 17.9. The van der Waals surface area contributed by atoms with Crippen LogP contribution in [0.25, 0.3) is 88.5 Å². The molecular weight excluding hydrogens is 2090 g/mol. The van der Waals surface area contributed by atoms with Crippen molar-refractivity contribution in [3.63, 3.8) is 0 Å². The number of anilines is 4. The van der Waals surface area contributed by atoms with Gasteiger partial charge in [-0.25, -0.2) is 54.8 Å². The van der Waals surface area contributed by atoms with E-state index in [0.717, 1.165) is 36.5 Å². The zero-order valence-electron chi connectivity index (χ0n) is 83.5. The minimum absolute atomic E-state index is 0.00166. The first-order valence-electron chi connectivity index (χ1n) is 47.8. The Kier molecular flexibility index (Phi) is 37.8. The first-order chi connectivity index (χ1) is 72.0. The van der Waals surface area contributed by atoms with Crippen LogP contribution in [0.2, 0.25) is 40.2 Å². The monoisotopic (exact) mass is 2190 g/mol. The molecule has 8 aromatic heterocycles. The quantitative estimate of drug-likeness (QED) is 0.0258. The Hall–Kier alpha value is -12.5. The fraction of sp³-hybridized carbons (Fsp3) is 0.387. The van der Waals surface area contributed by atoms with Crippen LogP contribution in [0.4, 0.5) is 23.7 Å². The molecule has 6 fully saturated rings. The van der Waals surface area contributed by atoms with Gasteiger partial charge in [0.05, 0.1) is 223 Å². The average Bonchev–Trinajstić information content (AvgIpc) is 1.64. The topological polar surface area (TPSA) is 406 Å². The Morgan fingerprint density at radius 3 is 0.906 bits per heavy atom. The third-order valence-corrected chi connectivity index (χ3v) is 28.4. The van der Waals surface area contributed by atoms with Crippen LogP contribution in [0, 0.1) is 35.5 Å². The van der Waals surface area contributed by atoms with E-state index in [1.54, 1.807) is 67.3 Å². The molecule has 4 N–H and O–H groups in total. The molecule has 12 aromatic rings.